The topological polar surface area (TPSA) is 128 Å². The molecular weight excluding hydrogens is 414 g/mol. The quantitative estimate of drug-likeness (QED) is 0.337. The molecule has 0 aromatic heterocycles. The number of nitrogens with one attached hydrogen (secondary N) is 1. The zero-order valence-electron chi connectivity index (χ0n) is 18.2. The van der Waals surface area contributed by atoms with Gasteiger partial charge >= 0.3 is 11.9 Å². The van der Waals surface area contributed by atoms with Crippen LogP contribution in [0.2, 0.25) is 0 Å². The molecule has 0 spiro atoms. The second-order valence-corrected chi connectivity index (χ2v) is 10.5. The van der Waals surface area contributed by atoms with Crippen molar-refractivity contribution in [3.8, 4) is 0 Å². The van der Waals surface area contributed by atoms with Crippen molar-refractivity contribution in [2.24, 2.45) is 0 Å². The van der Waals surface area contributed by atoms with Crippen LogP contribution in [0.3, 0.4) is 0 Å². The van der Waals surface area contributed by atoms with E-state index in [0.29, 0.717) is 5.56 Å². The molecule has 0 fully saturated rings. The number of hydrogen-bond donors (Lipinski definition) is 2. The van der Waals surface area contributed by atoms with E-state index in [4.69, 9.17) is 14.7 Å². The van der Waals surface area contributed by atoms with E-state index in [9.17, 15) is 18.0 Å². The molecule has 9 nitrogen and oxygen atoms in total. The van der Waals surface area contributed by atoms with Crippen molar-refractivity contribution in [3.05, 3.63) is 29.8 Å². The normalized spacial score (nSPS) is 13.6. The van der Waals surface area contributed by atoms with Gasteiger partial charge in [-0.15, -0.1) is 0 Å². The van der Waals surface area contributed by atoms with E-state index in [-0.39, 0.29) is 24.3 Å². The molecule has 10 heteroatoms. The molecule has 0 aliphatic rings. The van der Waals surface area contributed by atoms with Gasteiger partial charge in [-0.25, -0.2) is 13.3 Å². The minimum atomic E-state index is -4.12. The summed E-state index contributed by atoms with van der Waals surface area (Å²) in [6.45, 7) is 9.90. The Balaban J connectivity index is 3.04. The zero-order chi connectivity index (χ0) is 23.2. The summed E-state index contributed by atoms with van der Waals surface area (Å²) in [5.74, 6) is -1.36. The van der Waals surface area contributed by atoms with Crippen LogP contribution in [0.15, 0.2) is 29.2 Å². The molecule has 0 radical (unpaired) electrons. The maximum absolute atomic E-state index is 12.8. The summed E-state index contributed by atoms with van der Waals surface area (Å²) in [6.07, 6.45) is -0.315. The Kier molecular flexibility index (Phi) is 8.97. The van der Waals surface area contributed by atoms with Gasteiger partial charge in [-0.1, -0.05) is 12.1 Å². The minimum Gasteiger partial charge on any atom is -0.460 e. The van der Waals surface area contributed by atoms with Crippen molar-refractivity contribution >= 4 is 22.0 Å². The van der Waals surface area contributed by atoms with Gasteiger partial charge in [-0.05, 0) is 65.7 Å². The van der Waals surface area contributed by atoms with Crippen LogP contribution in [0.25, 0.3) is 0 Å². The van der Waals surface area contributed by atoms with Crippen LogP contribution in [-0.4, -0.2) is 42.9 Å². The number of ether oxygens (including phenoxy) is 2. The fraction of sp³-hybridized carbons (Fsp3) is 0.600. The molecule has 1 atom stereocenters. The SMILES string of the molecule is CC(C)(C)OC(=O)CC[C@H](NS(=O)(=O)c1cccc(COO)c1)C(=O)OC(C)(C)C. The maximum atomic E-state index is 12.8. The van der Waals surface area contributed by atoms with E-state index < -0.39 is 39.2 Å². The summed E-state index contributed by atoms with van der Waals surface area (Å²) in [5.41, 5.74) is -1.12. The van der Waals surface area contributed by atoms with Crippen LogP contribution in [0.4, 0.5) is 0 Å². The highest BCUT2D eigenvalue weighted by atomic mass is 32.2. The fourth-order valence-electron chi connectivity index (χ4n) is 2.38. The van der Waals surface area contributed by atoms with E-state index in [1.165, 1.54) is 18.2 Å². The lowest BCUT2D eigenvalue weighted by Gasteiger charge is -2.25. The summed E-state index contributed by atoms with van der Waals surface area (Å²) in [6, 6.07) is 4.40. The lowest BCUT2D eigenvalue weighted by Crippen LogP contribution is -2.44. The van der Waals surface area contributed by atoms with Crippen LogP contribution >= 0.6 is 0 Å². The van der Waals surface area contributed by atoms with Gasteiger partial charge in [-0.3, -0.25) is 14.8 Å². The Morgan fingerprint density at radius 2 is 1.67 bits per heavy atom. The summed E-state index contributed by atoms with van der Waals surface area (Å²) in [4.78, 5) is 28.5. The molecule has 1 aromatic carbocycles. The predicted octanol–water partition coefficient (Wildman–Crippen LogP) is 2.79. The molecule has 2 N–H and O–H groups in total. The van der Waals surface area contributed by atoms with Gasteiger partial charge < -0.3 is 9.47 Å². The van der Waals surface area contributed by atoms with Crippen LogP contribution in [0, 0.1) is 0 Å². The molecule has 0 aliphatic carbocycles. The first-order valence-corrected chi connectivity index (χ1v) is 10.9. The molecule has 1 rings (SSSR count). The number of hydrogen-bond acceptors (Lipinski definition) is 8. The third-order valence-electron chi connectivity index (χ3n) is 3.49. The van der Waals surface area contributed by atoms with Crippen LogP contribution in [0.5, 0.6) is 0 Å². The highest BCUT2D eigenvalue weighted by molar-refractivity contribution is 7.89. The van der Waals surface area contributed by atoms with Crippen LogP contribution < -0.4 is 4.72 Å². The fourth-order valence-corrected chi connectivity index (χ4v) is 3.67. The number of carbonyl (C=O) groups is 2. The first-order valence-electron chi connectivity index (χ1n) is 9.45. The van der Waals surface area contributed by atoms with E-state index in [0.717, 1.165) is 0 Å². The summed E-state index contributed by atoms with van der Waals surface area (Å²) in [5, 5.41) is 8.57. The van der Waals surface area contributed by atoms with Gasteiger partial charge in [-0.2, -0.15) is 4.72 Å². The van der Waals surface area contributed by atoms with Crippen molar-refractivity contribution in [3.63, 3.8) is 0 Å². The van der Waals surface area contributed by atoms with E-state index in [1.807, 2.05) is 0 Å². The average Bonchev–Trinajstić information content (AvgIpc) is 2.56. The Hall–Kier alpha value is -2.01. The second kappa shape index (κ2) is 10.3. The predicted molar refractivity (Wildman–Crippen MR) is 109 cm³/mol. The van der Waals surface area contributed by atoms with Gasteiger partial charge in [0.25, 0.3) is 0 Å². The number of sulfonamides is 1. The van der Waals surface area contributed by atoms with Crippen molar-refractivity contribution in [1.82, 2.24) is 4.72 Å². The van der Waals surface area contributed by atoms with E-state index >= 15 is 0 Å². The lowest BCUT2D eigenvalue weighted by molar-refractivity contribution is -0.253. The Labute approximate surface area is 177 Å². The number of benzene rings is 1. The number of carbonyl (C=O) groups excluding carboxylic acids is 2. The Morgan fingerprint density at radius 1 is 1.07 bits per heavy atom. The smallest absolute Gasteiger partial charge is 0.324 e. The summed E-state index contributed by atoms with van der Waals surface area (Å²) < 4.78 is 38.4. The van der Waals surface area contributed by atoms with Crippen LogP contribution in [-0.2, 0) is 40.6 Å². The molecule has 0 saturated carbocycles. The molecule has 1 aromatic rings. The molecule has 30 heavy (non-hydrogen) atoms. The summed E-state index contributed by atoms with van der Waals surface area (Å²) >= 11 is 0. The van der Waals surface area contributed by atoms with Gasteiger partial charge in [0.2, 0.25) is 10.0 Å². The second-order valence-electron chi connectivity index (χ2n) is 8.75. The van der Waals surface area contributed by atoms with Crippen molar-refractivity contribution in [1.29, 1.82) is 0 Å². The molecule has 0 amide bonds. The third-order valence-corrected chi connectivity index (χ3v) is 4.96. The Bertz CT molecular complexity index is 837. The monoisotopic (exact) mass is 445 g/mol. The molecular formula is C20H31NO8S. The van der Waals surface area contributed by atoms with E-state index in [1.54, 1.807) is 47.6 Å². The zero-order valence-corrected chi connectivity index (χ0v) is 19.0. The van der Waals surface area contributed by atoms with Crippen molar-refractivity contribution in [2.45, 2.75) is 83.1 Å². The lowest BCUT2D eigenvalue weighted by atomic mass is 10.1. The van der Waals surface area contributed by atoms with Gasteiger partial charge in [0.1, 0.15) is 23.9 Å². The molecule has 0 saturated heterocycles. The first kappa shape index (κ1) is 26.0. The first-order chi connectivity index (χ1) is 13.6. The van der Waals surface area contributed by atoms with Gasteiger partial charge in [0, 0.05) is 6.42 Å². The van der Waals surface area contributed by atoms with Crippen molar-refractivity contribution in [2.75, 3.05) is 0 Å². The van der Waals surface area contributed by atoms with Crippen LogP contribution in [0.1, 0.15) is 59.9 Å². The average molecular weight is 446 g/mol. The third kappa shape index (κ3) is 9.66. The maximum Gasteiger partial charge on any atom is 0.324 e. The molecule has 0 unspecified atom stereocenters. The van der Waals surface area contributed by atoms with Crippen molar-refractivity contribution < 1.29 is 37.6 Å². The highest BCUT2D eigenvalue weighted by Crippen LogP contribution is 2.17. The molecule has 170 valence electrons. The van der Waals surface area contributed by atoms with Gasteiger partial charge in [0.05, 0.1) is 4.90 Å². The Morgan fingerprint density at radius 3 is 2.20 bits per heavy atom. The number of esters is 2. The van der Waals surface area contributed by atoms with E-state index in [2.05, 4.69) is 9.61 Å². The molecule has 0 heterocycles. The number of rotatable bonds is 9. The molecule has 0 bridgehead atoms. The largest absolute Gasteiger partial charge is 0.460 e. The highest BCUT2D eigenvalue weighted by Gasteiger charge is 2.31. The van der Waals surface area contributed by atoms with Gasteiger partial charge in [0.15, 0.2) is 0 Å². The summed E-state index contributed by atoms with van der Waals surface area (Å²) in [7, 11) is -4.12. The standard InChI is InChI=1S/C20H31NO8S/c1-19(2,3)28-17(22)11-10-16(18(23)29-20(4,5)6)21-30(25,26)15-9-7-8-14(12-15)13-27-24/h7-9,12,16,21,24H,10-11,13H2,1-6H3/t16-/m0/s1. The molecule has 0 aliphatic heterocycles. The minimum absolute atomic E-state index is 0.122.